The van der Waals surface area contributed by atoms with Gasteiger partial charge in [-0.25, -0.2) is 9.97 Å². The van der Waals surface area contributed by atoms with Crippen LogP contribution in [0.2, 0.25) is 0 Å². The van der Waals surface area contributed by atoms with Gasteiger partial charge in [0.25, 0.3) is 0 Å². The van der Waals surface area contributed by atoms with Crippen LogP contribution in [-0.4, -0.2) is 19.9 Å². The van der Waals surface area contributed by atoms with Gasteiger partial charge in [0.15, 0.2) is 5.82 Å². The van der Waals surface area contributed by atoms with Crippen molar-refractivity contribution in [3.63, 3.8) is 0 Å². The van der Waals surface area contributed by atoms with Crippen molar-refractivity contribution in [3.8, 4) is 0 Å². The molecule has 0 unspecified atom stereocenters. The van der Waals surface area contributed by atoms with Crippen LogP contribution in [0.3, 0.4) is 0 Å². The second-order valence-corrected chi connectivity index (χ2v) is 4.56. The van der Waals surface area contributed by atoms with Gasteiger partial charge in [-0.2, -0.15) is 0 Å². The number of nitrogens with one attached hydrogen (secondary N) is 1. The van der Waals surface area contributed by atoms with Crippen LogP contribution >= 0.6 is 12.2 Å². The van der Waals surface area contributed by atoms with Crippen molar-refractivity contribution in [2.75, 3.05) is 5.32 Å². The average molecular weight is 281 g/mol. The average Bonchev–Trinajstić information content (AvgIpc) is 2.48. The van der Waals surface area contributed by atoms with E-state index >= 15 is 0 Å². The van der Waals surface area contributed by atoms with E-state index in [1.807, 2.05) is 30.3 Å². The summed E-state index contributed by atoms with van der Waals surface area (Å²) in [5.41, 5.74) is 7.92. The van der Waals surface area contributed by atoms with Crippen LogP contribution in [0.15, 0.2) is 48.9 Å². The molecule has 0 aliphatic heterocycles. The van der Waals surface area contributed by atoms with Gasteiger partial charge in [0.2, 0.25) is 0 Å². The highest BCUT2D eigenvalue weighted by molar-refractivity contribution is 7.80. The minimum Gasteiger partial charge on any atom is -0.388 e. The largest absolute Gasteiger partial charge is 0.388 e. The third-order valence-electron chi connectivity index (χ3n) is 2.83. The number of hydrogen-bond acceptors (Lipinski definition) is 5. The molecule has 0 fully saturated rings. The van der Waals surface area contributed by atoms with Gasteiger partial charge in [-0.15, -0.1) is 0 Å². The topological polar surface area (TPSA) is 76.7 Å². The number of fused-ring (bicyclic) bond motifs is 1. The first-order valence-electron chi connectivity index (χ1n) is 5.97. The van der Waals surface area contributed by atoms with E-state index in [9.17, 15) is 0 Å². The SMILES string of the molecule is NC(=S)c1nccnc1Nc1cccc2ncccc12. The third kappa shape index (κ3) is 2.28. The normalized spacial score (nSPS) is 10.4. The number of benzene rings is 1. The van der Waals surface area contributed by atoms with Crippen molar-refractivity contribution < 1.29 is 0 Å². The smallest absolute Gasteiger partial charge is 0.159 e. The lowest BCUT2D eigenvalue weighted by molar-refractivity contribution is 1.18. The Morgan fingerprint density at radius 2 is 1.85 bits per heavy atom. The first-order valence-corrected chi connectivity index (χ1v) is 6.38. The van der Waals surface area contributed by atoms with E-state index in [0.29, 0.717) is 11.5 Å². The molecule has 1 aromatic carbocycles. The Kier molecular flexibility index (Phi) is 3.22. The zero-order valence-electron chi connectivity index (χ0n) is 10.4. The van der Waals surface area contributed by atoms with Crippen molar-refractivity contribution in [3.05, 3.63) is 54.6 Å². The summed E-state index contributed by atoms with van der Waals surface area (Å²) < 4.78 is 0. The number of nitrogens with two attached hydrogens (primary N) is 1. The number of nitrogens with zero attached hydrogens (tertiary/aromatic N) is 3. The fourth-order valence-corrected chi connectivity index (χ4v) is 2.10. The van der Waals surface area contributed by atoms with Crippen molar-refractivity contribution in [1.82, 2.24) is 15.0 Å². The lowest BCUT2D eigenvalue weighted by atomic mass is 10.2. The van der Waals surface area contributed by atoms with E-state index in [1.165, 1.54) is 0 Å². The molecule has 98 valence electrons. The van der Waals surface area contributed by atoms with E-state index in [2.05, 4.69) is 20.3 Å². The van der Waals surface area contributed by atoms with Crippen LogP contribution in [0.4, 0.5) is 11.5 Å². The Hall–Kier alpha value is -2.60. The lowest BCUT2D eigenvalue weighted by Crippen LogP contribution is -2.15. The fraction of sp³-hybridized carbons (Fsp3) is 0. The maximum atomic E-state index is 5.66. The Balaban J connectivity index is 2.08. The maximum Gasteiger partial charge on any atom is 0.159 e. The molecule has 3 aromatic rings. The van der Waals surface area contributed by atoms with E-state index in [0.717, 1.165) is 16.6 Å². The highest BCUT2D eigenvalue weighted by Gasteiger charge is 2.09. The summed E-state index contributed by atoms with van der Waals surface area (Å²) in [7, 11) is 0. The van der Waals surface area contributed by atoms with Crippen LogP contribution in [0.25, 0.3) is 10.9 Å². The standard InChI is InChI=1S/C14H11N5S/c15-13(20)12-14(18-8-7-17-12)19-11-5-1-4-10-9(11)3-2-6-16-10/h1-8H,(H2,15,20)(H,18,19). The molecule has 0 amide bonds. The predicted octanol–water partition coefficient (Wildman–Crippen LogP) is 2.40. The van der Waals surface area contributed by atoms with E-state index < -0.39 is 0 Å². The highest BCUT2D eigenvalue weighted by atomic mass is 32.1. The van der Waals surface area contributed by atoms with Crippen LogP contribution in [-0.2, 0) is 0 Å². The molecule has 0 aliphatic rings. The Labute approximate surface area is 120 Å². The highest BCUT2D eigenvalue weighted by Crippen LogP contribution is 2.25. The molecule has 3 rings (SSSR count). The molecule has 0 spiro atoms. The van der Waals surface area contributed by atoms with Gasteiger partial charge in [-0.1, -0.05) is 18.3 Å². The summed E-state index contributed by atoms with van der Waals surface area (Å²) >= 11 is 4.98. The number of rotatable bonds is 3. The Morgan fingerprint density at radius 3 is 2.70 bits per heavy atom. The van der Waals surface area contributed by atoms with E-state index in [-0.39, 0.29) is 4.99 Å². The van der Waals surface area contributed by atoms with E-state index in [1.54, 1.807) is 18.6 Å². The van der Waals surface area contributed by atoms with Crippen LogP contribution in [0, 0.1) is 0 Å². The van der Waals surface area contributed by atoms with Gasteiger partial charge in [0, 0.05) is 29.7 Å². The van der Waals surface area contributed by atoms with Gasteiger partial charge < -0.3 is 11.1 Å². The monoisotopic (exact) mass is 281 g/mol. The molecule has 20 heavy (non-hydrogen) atoms. The van der Waals surface area contributed by atoms with Crippen molar-refractivity contribution in [2.24, 2.45) is 5.73 Å². The lowest BCUT2D eigenvalue weighted by Gasteiger charge is -2.10. The van der Waals surface area contributed by atoms with Gasteiger partial charge >= 0.3 is 0 Å². The number of hydrogen-bond donors (Lipinski definition) is 2. The zero-order chi connectivity index (χ0) is 13.9. The van der Waals surface area contributed by atoms with Gasteiger partial charge in [0.05, 0.1) is 5.52 Å². The molecule has 2 heterocycles. The molecule has 0 radical (unpaired) electrons. The predicted molar refractivity (Wildman–Crippen MR) is 82.9 cm³/mol. The molecular weight excluding hydrogens is 270 g/mol. The second kappa shape index (κ2) is 5.18. The summed E-state index contributed by atoms with van der Waals surface area (Å²) in [6.45, 7) is 0. The summed E-state index contributed by atoms with van der Waals surface area (Å²) in [5, 5.41) is 4.21. The van der Waals surface area contributed by atoms with Crippen molar-refractivity contribution >= 4 is 39.6 Å². The molecule has 0 saturated heterocycles. The Bertz CT molecular complexity index is 782. The molecule has 6 heteroatoms. The maximum absolute atomic E-state index is 5.66. The van der Waals surface area contributed by atoms with E-state index in [4.69, 9.17) is 18.0 Å². The fourth-order valence-electron chi connectivity index (χ4n) is 1.95. The molecule has 0 aliphatic carbocycles. The summed E-state index contributed by atoms with van der Waals surface area (Å²) in [6, 6.07) is 9.70. The van der Waals surface area contributed by atoms with Gasteiger partial charge in [0.1, 0.15) is 10.7 Å². The number of thiocarbonyl (C=S) groups is 1. The summed E-state index contributed by atoms with van der Waals surface area (Å²) in [4.78, 5) is 12.9. The summed E-state index contributed by atoms with van der Waals surface area (Å²) in [6.07, 6.45) is 4.91. The molecule has 0 saturated carbocycles. The number of pyridine rings is 1. The molecule has 2 aromatic heterocycles. The van der Waals surface area contributed by atoms with Crippen LogP contribution in [0.1, 0.15) is 5.69 Å². The molecule has 0 atom stereocenters. The van der Waals surface area contributed by atoms with Crippen LogP contribution in [0.5, 0.6) is 0 Å². The first-order chi connectivity index (χ1) is 9.75. The van der Waals surface area contributed by atoms with Gasteiger partial charge in [-0.3, -0.25) is 4.98 Å². The van der Waals surface area contributed by atoms with Crippen LogP contribution < -0.4 is 11.1 Å². The zero-order valence-corrected chi connectivity index (χ0v) is 11.3. The minimum atomic E-state index is 0.207. The summed E-state index contributed by atoms with van der Waals surface area (Å²) in [5.74, 6) is 0.538. The third-order valence-corrected chi connectivity index (χ3v) is 3.02. The van der Waals surface area contributed by atoms with Crippen molar-refractivity contribution in [1.29, 1.82) is 0 Å². The van der Waals surface area contributed by atoms with Gasteiger partial charge in [-0.05, 0) is 24.3 Å². The Morgan fingerprint density at radius 1 is 1.00 bits per heavy atom. The molecular formula is C14H11N5S. The molecule has 0 bridgehead atoms. The number of aromatic nitrogens is 3. The minimum absolute atomic E-state index is 0.207. The first kappa shape index (κ1) is 12.4. The quantitative estimate of drug-likeness (QED) is 0.718. The molecule has 5 nitrogen and oxygen atoms in total. The molecule has 3 N–H and O–H groups in total. The second-order valence-electron chi connectivity index (χ2n) is 4.12. The number of anilines is 2. The van der Waals surface area contributed by atoms with Crippen molar-refractivity contribution in [2.45, 2.75) is 0 Å².